The number of nitrogens with zero attached hydrogens (tertiary/aromatic N) is 6. The molecule has 184 valence electrons. The van der Waals surface area contributed by atoms with Crippen molar-refractivity contribution in [1.82, 2.24) is 24.9 Å². The number of carbonyl (C=O) groups is 1. The first-order chi connectivity index (χ1) is 17.5. The van der Waals surface area contributed by atoms with Crippen molar-refractivity contribution in [1.29, 1.82) is 0 Å². The van der Waals surface area contributed by atoms with Crippen molar-refractivity contribution < 1.29 is 14.1 Å². The maximum absolute atomic E-state index is 12.1. The van der Waals surface area contributed by atoms with Gasteiger partial charge in [-0.3, -0.25) is 14.7 Å². The predicted octanol–water partition coefficient (Wildman–Crippen LogP) is 3.62. The van der Waals surface area contributed by atoms with Crippen molar-refractivity contribution in [3.05, 3.63) is 57.5 Å². The molecule has 2 aliphatic rings. The Morgan fingerprint density at radius 2 is 2.17 bits per heavy atom. The molecule has 4 aromatic rings. The van der Waals surface area contributed by atoms with Crippen LogP contribution in [0.3, 0.4) is 0 Å². The Labute approximate surface area is 211 Å². The van der Waals surface area contributed by atoms with Gasteiger partial charge in [-0.1, -0.05) is 5.16 Å². The van der Waals surface area contributed by atoms with Crippen molar-refractivity contribution in [3.8, 4) is 5.75 Å². The summed E-state index contributed by atoms with van der Waals surface area (Å²) in [4.78, 5) is 31.7. The summed E-state index contributed by atoms with van der Waals surface area (Å²) in [6.07, 6.45) is 4.36. The van der Waals surface area contributed by atoms with Gasteiger partial charge in [0.2, 0.25) is 0 Å². The van der Waals surface area contributed by atoms with Gasteiger partial charge in [0.05, 0.1) is 31.3 Å². The van der Waals surface area contributed by atoms with Crippen LogP contribution in [-0.4, -0.2) is 64.8 Å². The third-order valence-electron chi connectivity index (χ3n) is 6.49. The quantitative estimate of drug-likeness (QED) is 0.425. The van der Waals surface area contributed by atoms with Crippen LogP contribution < -0.4 is 10.1 Å². The minimum absolute atomic E-state index is 0.165. The van der Waals surface area contributed by atoms with Crippen LogP contribution in [-0.2, 0) is 26.1 Å². The van der Waals surface area contributed by atoms with Crippen molar-refractivity contribution in [2.45, 2.75) is 26.1 Å². The van der Waals surface area contributed by atoms with E-state index in [0.717, 1.165) is 58.1 Å². The van der Waals surface area contributed by atoms with Crippen LogP contribution in [0.5, 0.6) is 5.75 Å². The fourth-order valence-corrected chi connectivity index (χ4v) is 5.91. The molecule has 0 unspecified atom stereocenters. The molecule has 1 N–H and O–H groups in total. The van der Waals surface area contributed by atoms with Crippen LogP contribution in [0.1, 0.15) is 37.8 Å². The first kappa shape index (κ1) is 22.6. The number of benzene rings is 1. The fraction of sp³-hybridized carbons (Fsp3) is 0.320. The minimum Gasteiger partial charge on any atom is -0.495 e. The highest BCUT2D eigenvalue weighted by Crippen LogP contribution is 2.40. The van der Waals surface area contributed by atoms with Gasteiger partial charge in [-0.15, -0.1) is 11.3 Å². The van der Waals surface area contributed by atoms with Gasteiger partial charge in [0, 0.05) is 44.3 Å². The molecule has 0 aliphatic carbocycles. The Kier molecular flexibility index (Phi) is 5.65. The molecule has 11 heteroatoms. The van der Waals surface area contributed by atoms with Crippen molar-refractivity contribution in [3.63, 3.8) is 0 Å². The summed E-state index contributed by atoms with van der Waals surface area (Å²) in [5, 5.41) is 8.50. The van der Waals surface area contributed by atoms with Gasteiger partial charge in [0.1, 0.15) is 22.7 Å². The average molecular weight is 504 g/mol. The number of hydrogen-bond donors (Lipinski definition) is 1. The highest BCUT2D eigenvalue weighted by atomic mass is 32.1. The Hall–Kier alpha value is -3.83. The predicted molar refractivity (Wildman–Crippen MR) is 137 cm³/mol. The molecular weight excluding hydrogens is 478 g/mol. The standard InChI is InChI=1S/C25H25N7O3S/c1-31(2)25(33)19-8-16(35-30-19)11-32-5-4-17-21(12-32)36-24-22(17)23(27-13-28-24)29-18-6-14-9-26-10-15(14)7-20(18)34-3/h6-9,13H,4-5,10-12H2,1-3H3,(H,27,28,29). The lowest BCUT2D eigenvalue weighted by Gasteiger charge is -2.25. The number of aromatic nitrogens is 3. The molecule has 0 atom stereocenters. The average Bonchev–Trinajstić information content (AvgIpc) is 3.61. The topological polar surface area (TPSA) is 109 Å². The lowest BCUT2D eigenvalue weighted by atomic mass is 10.0. The highest BCUT2D eigenvalue weighted by molar-refractivity contribution is 7.19. The molecule has 0 fully saturated rings. The second-order valence-electron chi connectivity index (χ2n) is 9.09. The van der Waals surface area contributed by atoms with Crippen LogP contribution in [0.4, 0.5) is 11.5 Å². The highest BCUT2D eigenvalue weighted by Gasteiger charge is 2.26. The molecule has 0 bridgehead atoms. The molecule has 6 rings (SSSR count). The minimum atomic E-state index is -0.165. The number of ether oxygens (including phenoxy) is 1. The largest absolute Gasteiger partial charge is 0.495 e. The molecule has 1 aromatic carbocycles. The summed E-state index contributed by atoms with van der Waals surface area (Å²) in [5.41, 5.74) is 4.71. The zero-order valence-electron chi connectivity index (χ0n) is 20.2. The third kappa shape index (κ3) is 3.99. The SMILES string of the molecule is COc1cc2c(cc1Nc1ncnc3sc4c(c13)CCN(Cc1cc(C(=O)N(C)C)no1)C4)C=NC2. The van der Waals surface area contributed by atoms with Crippen LogP contribution >= 0.6 is 11.3 Å². The second kappa shape index (κ2) is 8.99. The Bertz CT molecular complexity index is 1510. The number of hydrogen-bond acceptors (Lipinski definition) is 10. The molecule has 5 heterocycles. The Morgan fingerprint density at radius 1 is 1.28 bits per heavy atom. The van der Waals surface area contributed by atoms with Gasteiger partial charge < -0.3 is 19.5 Å². The summed E-state index contributed by atoms with van der Waals surface area (Å²) in [6, 6.07) is 5.82. The molecular formula is C25H25N7O3S. The van der Waals surface area contributed by atoms with E-state index in [4.69, 9.17) is 9.26 Å². The van der Waals surface area contributed by atoms with E-state index >= 15 is 0 Å². The van der Waals surface area contributed by atoms with E-state index < -0.39 is 0 Å². The van der Waals surface area contributed by atoms with Crippen molar-refractivity contribution >= 4 is 45.2 Å². The molecule has 0 saturated carbocycles. The number of anilines is 2. The van der Waals surface area contributed by atoms with Gasteiger partial charge in [0.25, 0.3) is 5.91 Å². The Balaban J connectivity index is 1.26. The van der Waals surface area contributed by atoms with Crippen LogP contribution in [0.2, 0.25) is 0 Å². The number of aliphatic imine (C=N–C) groups is 1. The van der Waals surface area contributed by atoms with Gasteiger partial charge in [-0.25, -0.2) is 9.97 Å². The lowest BCUT2D eigenvalue weighted by molar-refractivity contribution is 0.0817. The Morgan fingerprint density at radius 3 is 3.00 bits per heavy atom. The smallest absolute Gasteiger partial charge is 0.275 e. The van der Waals surface area contributed by atoms with Crippen molar-refractivity contribution in [2.75, 3.05) is 33.1 Å². The monoisotopic (exact) mass is 503 g/mol. The van der Waals surface area contributed by atoms with Crippen molar-refractivity contribution in [2.24, 2.45) is 4.99 Å². The number of thiophene rings is 1. The molecule has 36 heavy (non-hydrogen) atoms. The fourth-order valence-electron chi connectivity index (χ4n) is 4.68. The zero-order valence-corrected chi connectivity index (χ0v) is 21.1. The summed E-state index contributed by atoms with van der Waals surface area (Å²) < 4.78 is 11.1. The maximum Gasteiger partial charge on any atom is 0.275 e. The van der Waals surface area contributed by atoms with E-state index in [0.29, 0.717) is 24.5 Å². The number of rotatable bonds is 6. The van der Waals surface area contributed by atoms with E-state index in [-0.39, 0.29) is 5.91 Å². The zero-order chi connectivity index (χ0) is 24.8. The maximum atomic E-state index is 12.1. The molecule has 2 aliphatic heterocycles. The first-order valence-corrected chi connectivity index (χ1v) is 12.4. The number of fused-ring (bicyclic) bond motifs is 4. The van der Waals surface area contributed by atoms with E-state index in [1.165, 1.54) is 15.3 Å². The lowest BCUT2D eigenvalue weighted by Crippen LogP contribution is -2.29. The van der Waals surface area contributed by atoms with E-state index in [9.17, 15) is 4.79 Å². The van der Waals surface area contributed by atoms with Gasteiger partial charge in [0.15, 0.2) is 11.5 Å². The van der Waals surface area contributed by atoms with E-state index in [1.54, 1.807) is 44.9 Å². The third-order valence-corrected chi connectivity index (χ3v) is 7.61. The second-order valence-corrected chi connectivity index (χ2v) is 10.2. The normalized spacial score (nSPS) is 14.6. The molecule has 3 aromatic heterocycles. The molecule has 0 saturated heterocycles. The van der Waals surface area contributed by atoms with E-state index in [2.05, 4.69) is 36.4 Å². The number of nitrogens with one attached hydrogen (secondary N) is 1. The summed E-state index contributed by atoms with van der Waals surface area (Å²) >= 11 is 1.69. The number of methoxy groups -OCH3 is 1. The first-order valence-electron chi connectivity index (χ1n) is 11.6. The van der Waals surface area contributed by atoms with E-state index in [1.807, 2.05) is 12.3 Å². The van der Waals surface area contributed by atoms with Crippen LogP contribution in [0.25, 0.3) is 10.2 Å². The molecule has 0 spiro atoms. The summed E-state index contributed by atoms with van der Waals surface area (Å²) in [5.74, 6) is 2.06. The summed E-state index contributed by atoms with van der Waals surface area (Å²) in [6.45, 7) is 2.89. The van der Waals surface area contributed by atoms with Crippen LogP contribution in [0, 0.1) is 0 Å². The molecule has 10 nitrogen and oxygen atoms in total. The number of carbonyl (C=O) groups excluding carboxylic acids is 1. The molecule has 0 radical (unpaired) electrons. The van der Waals surface area contributed by atoms with Gasteiger partial charge in [-0.05, 0) is 35.2 Å². The number of amides is 1. The van der Waals surface area contributed by atoms with Gasteiger partial charge in [-0.2, -0.15) is 0 Å². The molecule has 1 amide bonds. The van der Waals surface area contributed by atoms with Crippen LogP contribution in [0.15, 0.2) is 34.0 Å². The van der Waals surface area contributed by atoms with Gasteiger partial charge >= 0.3 is 0 Å². The summed E-state index contributed by atoms with van der Waals surface area (Å²) in [7, 11) is 5.07.